The monoisotopic (exact) mass is 254 g/mol. The molecule has 1 aromatic rings. The Morgan fingerprint density at radius 2 is 2.06 bits per heavy atom. The lowest BCUT2D eigenvalue weighted by atomic mass is 9.96. The predicted octanol–water partition coefficient (Wildman–Crippen LogP) is 1.92. The number of hydrogen-bond acceptors (Lipinski definition) is 2. The number of benzene rings is 1. The van der Waals surface area contributed by atoms with Gasteiger partial charge in [-0.2, -0.15) is 0 Å². The topological polar surface area (TPSA) is 46.3 Å². The number of hydrogen-bond donors (Lipinski definition) is 1. The third-order valence-electron chi connectivity index (χ3n) is 3.68. The molecule has 2 N–H and O–H groups in total. The molecule has 1 amide bonds. The molecule has 0 aliphatic carbocycles. The molecule has 1 aliphatic rings. The molecule has 0 saturated carbocycles. The molecule has 1 heterocycles. The van der Waals surface area contributed by atoms with Crippen LogP contribution in [0.4, 0.5) is 8.78 Å². The lowest BCUT2D eigenvalue weighted by Gasteiger charge is -2.34. The first-order valence-corrected chi connectivity index (χ1v) is 5.86. The highest BCUT2D eigenvalue weighted by atomic mass is 19.2. The van der Waals surface area contributed by atoms with Crippen LogP contribution in [0.1, 0.15) is 30.6 Å². The van der Waals surface area contributed by atoms with Gasteiger partial charge in [-0.1, -0.05) is 0 Å². The summed E-state index contributed by atoms with van der Waals surface area (Å²) < 4.78 is 26.0. The van der Waals surface area contributed by atoms with Gasteiger partial charge >= 0.3 is 0 Å². The second kappa shape index (κ2) is 4.31. The zero-order valence-electron chi connectivity index (χ0n) is 10.4. The van der Waals surface area contributed by atoms with Crippen molar-refractivity contribution in [3.8, 4) is 0 Å². The number of carbonyl (C=O) groups is 1. The molecule has 18 heavy (non-hydrogen) atoms. The molecule has 1 atom stereocenters. The van der Waals surface area contributed by atoms with Crippen LogP contribution in [0, 0.1) is 11.6 Å². The van der Waals surface area contributed by atoms with E-state index in [4.69, 9.17) is 5.73 Å². The minimum Gasteiger partial charge on any atom is -0.332 e. The Kier molecular flexibility index (Phi) is 3.11. The Hall–Kier alpha value is -1.49. The van der Waals surface area contributed by atoms with Crippen molar-refractivity contribution in [3.63, 3.8) is 0 Å². The third kappa shape index (κ3) is 1.99. The molecule has 2 rings (SSSR count). The van der Waals surface area contributed by atoms with Crippen LogP contribution in [-0.4, -0.2) is 28.9 Å². The van der Waals surface area contributed by atoms with Crippen LogP contribution < -0.4 is 5.73 Å². The van der Waals surface area contributed by atoms with Crippen molar-refractivity contribution >= 4 is 5.91 Å². The summed E-state index contributed by atoms with van der Waals surface area (Å²) in [6.45, 7) is 4.29. The molecule has 5 heteroatoms. The zero-order chi connectivity index (χ0) is 13.5. The number of carbonyl (C=O) groups excluding carboxylic acids is 1. The summed E-state index contributed by atoms with van der Waals surface area (Å²) in [7, 11) is 0. The van der Waals surface area contributed by atoms with Crippen molar-refractivity contribution in [1.82, 2.24) is 4.90 Å². The number of amides is 1. The average Bonchev–Trinajstić information content (AvgIpc) is 2.57. The SMILES string of the molecule is CC1(C)C(N)CCN1C(=O)c1ccc(F)c(F)c1. The molecule has 0 spiro atoms. The van der Waals surface area contributed by atoms with E-state index >= 15 is 0 Å². The zero-order valence-corrected chi connectivity index (χ0v) is 10.4. The molecule has 3 nitrogen and oxygen atoms in total. The number of nitrogens with zero attached hydrogens (tertiary/aromatic N) is 1. The Morgan fingerprint density at radius 1 is 1.39 bits per heavy atom. The molecule has 0 bridgehead atoms. The summed E-state index contributed by atoms with van der Waals surface area (Å²) in [6, 6.07) is 3.08. The minimum absolute atomic E-state index is 0.105. The van der Waals surface area contributed by atoms with E-state index in [0.717, 1.165) is 12.1 Å². The van der Waals surface area contributed by atoms with Crippen LogP contribution in [0.15, 0.2) is 18.2 Å². The highest BCUT2D eigenvalue weighted by Gasteiger charge is 2.42. The third-order valence-corrected chi connectivity index (χ3v) is 3.68. The summed E-state index contributed by atoms with van der Waals surface area (Å²) in [5.41, 5.74) is 5.62. The largest absolute Gasteiger partial charge is 0.332 e. The van der Waals surface area contributed by atoms with E-state index in [2.05, 4.69) is 0 Å². The van der Waals surface area contributed by atoms with Gasteiger partial charge in [-0.3, -0.25) is 4.79 Å². The number of rotatable bonds is 1. The Balaban J connectivity index is 2.29. The summed E-state index contributed by atoms with van der Waals surface area (Å²) in [5, 5.41) is 0. The Bertz CT molecular complexity index is 488. The second-order valence-corrected chi connectivity index (χ2v) is 5.13. The van der Waals surface area contributed by atoms with E-state index in [0.29, 0.717) is 13.0 Å². The molecule has 1 aliphatic heterocycles. The van der Waals surface area contributed by atoms with Crippen LogP contribution in [0.5, 0.6) is 0 Å². The molecule has 1 fully saturated rings. The molecule has 0 aromatic heterocycles. The molecule has 98 valence electrons. The first kappa shape index (κ1) is 13.0. The van der Waals surface area contributed by atoms with Crippen LogP contribution in [0.2, 0.25) is 0 Å². The van der Waals surface area contributed by atoms with E-state index < -0.39 is 17.2 Å². The lowest BCUT2D eigenvalue weighted by molar-refractivity contribution is 0.0636. The van der Waals surface area contributed by atoms with E-state index in [1.807, 2.05) is 13.8 Å². The quantitative estimate of drug-likeness (QED) is 0.832. The predicted molar refractivity (Wildman–Crippen MR) is 64.1 cm³/mol. The maximum atomic E-state index is 13.1. The molecular weight excluding hydrogens is 238 g/mol. The average molecular weight is 254 g/mol. The number of nitrogens with two attached hydrogens (primary N) is 1. The molecule has 1 saturated heterocycles. The maximum Gasteiger partial charge on any atom is 0.254 e. The fourth-order valence-corrected chi connectivity index (χ4v) is 2.26. The van der Waals surface area contributed by atoms with E-state index in [1.54, 1.807) is 4.90 Å². The van der Waals surface area contributed by atoms with Crippen LogP contribution in [0.3, 0.4) is 0 Å². The van der Waals surface area contributed by atoms with Crippen molar-refractivity contribution in [3.05, 3.63) is 35.4 Å². The van der Waals surface area contributed by atoms with Crippen LogP contribution in [-0.2, 0) is 0 Å². The van der Waals surface area contributed by atoms with E-state index in [1.165, 1.54) is 6.07 Å². The molecule has 1 aromatic carbocycles. The van der Waals surface area contributed by atoms with Crippen molar-refractivity contribution < 1.29 is 13.6 Å². The van der Waals surface area contributed by atoms with Gasteiger partial charge in [-0.05, 0) is 38.5 Å². The molecular formula is C13H16F2N2O. The molecule has 1 unspecified atom stereocenters. The summed E-state index contributed by atoms with van der Waals surface area (Å²) in [6.07, 6.45) is 0.711. The van der Waals surface area contributed by atoms with Gasteiger partial charge in [-0.25, -0.2) is 8.78 Å². The summed E-state index contributed by atoms with van der Waals surface area (Å²) >= 11 is 0. The normalized spacial score (nSPS) is 22.3. The fourth-order valence-electron chi connectivity index (χ4n) is 2.26. The maximum absolute atomic E-state index is 13.1. The van der Waals surface area contributed by atoms with Gasteiger partial charge < -0.3 is 10.6 Å². The number of likely N-dealkylation sites (tertiary alicyclic amines) is 1. The summed E-state index contributed by atoms with van der Waals surface area (Å²) in [4.78, 5) is 13.9. The van der Waals surface area contributed by atoms with Crippen molar-refractivity contribution in [2.45, 2.75) is 31.8 Å². The standard InChI is InChI=1S/C13H16F2N2O/c1-13(2)11(16)5-6-17(13)12(18)8-3-4-9(14)10(15)7-8/h3-4,7,11H,5-6,16H2,1-2H3. The van der Waals surface area contributed by atoms with Gasteiger partial charge in [0.15, 0.2) is 11.6 Å². The van der Waals surface area contributed by atoms with Crippen molar-refractivity contribution in [2.24, 2.45) is 5.73 Å². The smallest absolute Gasteiger partial charge is 0.254 e. The van der Waals surface area contributed by atoms with E-state index in [-0.39, 0.29) is 17.5 Å². The highest BCUT2D eigenvalue weighted by molar-refractivity contribution is 5.95. The van der Waals surface area contributed by atoms with E-state index in [9.17, 15) is 13.6 Å². The highest BCUT2D eigenvalue weighted by Crippen LogP contribution is 2.29. The molecule has 0 radical (unpaired) electrons. The van der Waals surface area contributed by atoms with Crippen LogP contribution >= 0.6 is 0 Å². The Labute approximate surface area is 105 Å². The van der Waals surface area contributed by atoms with Gasteiger partial charge in [0.2, 0.25) is 0 Å². The summed E-state index contributed by atoms with van der Waals surface area (Å²) in [5.74, 6) is -2.28. The van der Waals surface area contributed by atoms with Crippen molar-refractivity contribution in [2.75, 3.05) is 6.54 Å². The number of halogens is 2. The minimum atomic E-state index is -1.01. The van der Waals surface area contributed by atoms with Crippen LogP contribution in [0.25, 0.3) is 0 Å². The first-order chi connectivity index (χ1) is 8.34. The first-order valence-electron chi connectivity index (χ1n) is 5.86. The second-order valence-electron chi connectivity index (χ2n) is 5.13. The van der Waals surface area contributed by atoms with Gasteiger partial charge in [0.1, 0.15) is 0 Å². The van der Waals surface area contributed by atoms with Crippen molar-refractivity contribution in [1.29, 1.82) is 0 Å². The Morgan fingerprint density at radius 3 is 2.56 bits per heavy atom. The van der Waals surface area contributed by atoms with Gasteiger partial charge in [0.05, 0.1) is 5.54 Å². The van der Waals surface area contributed by atoms with Gasteiger partial charge in [0, 0.05) is 18.2 Å². The van der Waals surface area contributed by atoms with Gasteiger partial charge in [0.25, 0.3) is 5.91 Å². The van der Waals surface area contributed by atoms with Gasteiger partial charge in [-0.15, -0.1) is 0 Å². The lowest BCUT2D eigenvalue weighted by Crippen LogP contribution is -2.51. The fraction of sp³-hybridized carbons (Fsp3) is 0.462.